The maximum absolute atomic E-state index is 11.1. The largest absolute Gasteiger partial charge is 0.330 e. The van der Waals surface area contributed by atoms with E-state index in [1.54, 1.807) is 0 Å². The molecule has 0 saturated heterocycles. The van der Waals surface area contributed by atoms with Gasteiger partial charge in [-0.25, -0.2) is 0 Å². The quantitative estimate of drug-likeness (QED) is 0.849. The molecule has 0 unspecified atom stereocenters. The monoisotopic (exact) mass is 242 g/mol. The average Bonchev–Trinajstić information content (AvgIpc) is 2.09. The number of carbonyl (C=O) groups excluding carboxylic acids is 1. The molecular formula is C9H11BrN2O. The summed E-state index contributed by atoms with van der Waals surface area (Å²) in [5.74, 6) is -0.0511. The van der Waals surface area contributed by atoms with Gasteiger partial charge in [0.05, 0.1) is 0 Å². The van der Waals surface area contributed by atoms with E-state index >= 15 is 0 Å². The molecule has 13 heavy (non-hydrogen) atoms. The van der Waals surface area contributed by atoms with Crippen molar-refractivity contribution in [3.63, 3.8) is 0 Å². The zero-order chi connectivity index (χ0) is 9.68. The maximum Gasteiger partial charge on any atom is 0.225 e. The van der Waals surface area contributed by atoms with Gasteiger partial charge >= 0.3 is 0 Å². The molecule has 1 aromatic carbocycles. The van der Waals surface area contributed by atoms with Crippen LogP contribution in [0.4, 0.5) is 5.69 Å². The number of benzene rings is 1. The van der Waals surface area contributed by atoms with Gasteiger partial charge in [-0.15, -0.1) is 0 Å². The molecule has 0 aliphatic heterocycles. The Bertz CT molecular complexity index is 284. The second-order valence-corrected chi connectivity index (χ2v) is 3.51. The molecule has 0 radical (unpaired) electrons. The smallest absolute Gasteiger partial charge is 0.225 e. The summed E-state index contributed by atoms with van der Waals surface area (Å²) in [6.45, 7) is 0.377. The molecule has 0 aliphatic rings. The number of rotatable bonds is 3. The van der Waals surface area contributed by atoms with Gasteiger partial charge in [0.2, 0.25) is 5.91 Å². The van der Waals surface area contributed by atoms with E-state index < -0.39 is 0 Å². The molecule has 0 aromatic heterocycles. The molecule has 1 rings (SSSR count). The van der Waals surface area contributed by atoms with Crippen molar-refractivity contribution < 1.29 is 4.79 Å². The molecule has 0 heterocycles. The topological polar surface area (TPSA) is 55.1 Å². The molecule has 0 bridgehead atoms. The van der Waals surface area contributed by atoms with Crippen molar-refractivity contribution in [1.82, 2.24) is 0 Å². The van der Waals surface area contributed by atoms with Crippen molar-refractivity contribution >= 4 is 27.5 Å². The van der Waals surface area contributed by atoms with Gasteiger partial charge < -0.3 is 11.1 Å². The lowest BCUT2D eigenvalue weighted by Crippen LogP contribution is -2.15. The van der Waals surface area contributed by atoms with Crippen molar-refractivity contribution in [3.05, 3.63) is 28.7 Å². The molecule has 0 atom stereocenters. The SMILES string of the molecule is NCCC(=O)Nc1ccc(Br)cc1. The van der Waals surface area contributed by atoms with E-state index in [2.05, 4.69) is 21.2 Å². The Morgan fingerprint density at radius 1 is 1.38 bits per heavy atom. The normalized spacial score (nSPS) is 9.69. The highest BCUT2D eigenvalue weighted by Gasteiger charge is 1.99. The minimum Gasteiger partial charge on any atom is -0.330 e. The van der Waals surface area contributed by atoms with Crippen LogP contribution in [0.5, 0.6) is 0 Å². The molecule has 3 nitrogen and oxygen atoms in total. The third-order valence-corrected chi connectivity index (χ3v) is 2.03. The highest BCUT2D eigenvalue weighted by molar-refractivity contribution is 9.10. The van der Waals surface area contributed by atoms with Gasteiger partial charge in [-0.1, -0.05) is 15.9 Å². The van der Waals surface area contributed by atoms with Gasteiger partial charge in [-0.3, -0.25) is 4.79 Å². The van der Waals surface area contributed by atoms with E-state index in [1.807, 2.05) is 24.3 Å². The van der Waals surface area contributed by atoms with Crippen LogP contribution in [-0.2, 0) is 4.79 Å². The fraction of sp³-hybridized carbons (Fsp3) is 0.222. The number of nitrogens with two attached hydrogens (primary N) is 1. The van der Waals surface area contributed by atoms with Crippen LogP contribution in [0, 0.1) is 0 Å². The van der Waals surface area contributed by atoms with Gasteiger partial charge in [0.1, 0.15) is 0 Å². The third-order valence-electron chi connectivity index (χ3n) is 1.50. The van der Waals surface area contributed by atoms with E-state index in [-0.39, 0.29) is 5.91 Å². The molecule has 1 amide bonds. The first-order valence-corrected chi connectivity index (χ1v) is 4.77. The Morgan fingerprint density at radius 2 is 2.00 bits per heavy atom. The Hall–Kier alpha value is -0.870. The Labute approximate surface area is 85.4 Å². The summed E-state index contributed by atoms with van der Waals surface area (Å²) < 4.78 is 0.990. The highest BCUT2D eigenvalue weighted by Crippen LogP contribution is 2.13. The lowest BCUT2D eigenvalue weighted by Gasteiger charge is -2.03. The van der Waals surface area contributed by atoms with Gasteiger partial charge in [0, 0.05) is 23.1 Å². The predicted molar refractivity (Wildman–Crippen MR) is 56.4 cm³/mol. The van der Waals surface area contributed by atoms with E-state index in [9.17, 15) is 4.79 Å². The van der Waals surface area contributed by atoms with Crippen LogP contribution in [0.3, 0.4) is 0 Å². The summed E-state index contributed by atoms with van der Waals surface area (Å²) in [7, 11) is 0. The Kier molecular flexibility index (Phi) is 3.92. The predicted octanol–water partition coefficient (Wildman–Crippen LogP) is 1.74. The Morgan fingerprint density at radius 3 is 2.54 bits per heavy atom. The van der Waals surface area contributed by atoms with Crippen molar-refractivity contribution in [3.8, 4) is 0 Å². The zero-order valence-corrected chi connectivity index (χ0v) is 8.67. The first kappa shape index (κ1) is 10.2. The highest BCUT2D eigenvalue weighted by atomic mass is 79.9. The molecule has 3 N–H and O–H groups in total. The Balaban J connectivity index is 2.54. The molecule has 0 fully saturated rings. The third kappa shape index (κ3) is 3.57. The van der Waals surface area contributed by atoms with Gasteiger partial charge in [0.25, 0.3) is 0 Å². The fourth-order valence-corrected chi connectivity index (χ4v) is 1.15. The number of nitrogens with one attached hydrogen (secondary N) is 1. The molecule has 0 aliphatic carbocycles. The van der Waals surface area contributed by atoms with Crippen molar-refractivity contribution in [2.45, 2.75) is 6.42 Å². The van der Waals surface area contributed by atoms with Gasteiger partial charge in [0.15, 0.2) is 0 Å². The van der Waals surface area contributed by atoms with E-state index in [0.29, 0.717) is 13.0 Å². The number of hydrogen-bond acceptors (Lipinski definition) is 2. The lowest BCUT2D eigenvalue weighted by molar-refractivity contribution is -0.116. The van der Waals surface area contributed by atoms with Crippen LogP contribution in [0.25, 0.3) is 0 Å². The standard InChI is InChI=1S/C9H11BrN2O/c10-7-1-3-8(4-2-7)12-9(13)5-6-11/h1-4H,5-6,11H2,(H,12,13). The first-order valence-electron chi connectivity index (χ1n) is 3.98. The summed E-state index contributed by atoms with van der Waals surface area (Å²) in [5, 5.41) is 2.73. The van der Waals surface area contributed by atoms with Crippen molar-refractivity contribution in [1.29, 1.82) is 0 Å². The first-order chi connectivity index (χ1) is 6.22. The number of carbonyl (C=O) groups is 1. The van der Waals surface area contributed by atoms with Crippen molar-refractivity contribution in [2.24, 2.45) is 5.73 Å². The average molecular weight is 243 g/mol. The molecule has 70 valence electrons. The second-order valence-electron chi connectivity index (χ2n) is 2.59. The van der Waals surface area contributed by atoms with Crippen LogP contribution in [0.15, 0.2) is 28.7 Å². The summed E-state index contributed by atoms with van der Waals surface area (Å²) >= 11 is 3.31. The van der Waals surface area contributed by atoms with Crippen LogP contribution in [0.1, 0.15) is 6.42 Å². The molecule has 4 heteroatoms. The lowest BCUT2D eigenvalue weighted by atomic mass is 10.3. The van der Waals surface area contributed by atoms with Crippen LogP contribution in [-0.4, -0.2) is 12.5 Å². The molecule has 1 aromatic rings. The van der Waals surface area contributed by atoms with E-state index in [1.165, 1.54) is 0 Å². The van der Waals surface area contributed by atoms with E-state index in [0.717, 1.165) is 10.2 Å². The molecule has 0 saturated carbocycles. The number of amides is 1. The molecule has 0 spiro atoms. The van der Waals surface area contributed by atoms with Gasteiger partial charge in [-0.05, 0) is 24.3 Å². The fourth-order valence-electron chi connectivity index (χ4n) is 0.888. The number of halogens is 1. The summed E-state index contributed by atoms with van der Waals surface area (Å²) in [4.78, 5) is 11.1. The van der Waals surface area contributed by atoms with Gasteiger partial charge in [-0.2, -0.15) is 0 Å². The number of hydrogen-bond donors (Lipinski definition) is 2. The maximum atomic E-state index is 11.1. The summed E-state index contributed by atoms with van der Waals surface area (Å²) in [5.41, 5.74) is 6.03. The van der Waals surface area contributed by atoms with Crippen LogP contribution in [0.2, 0.25) is 0 Å². The summed E-state index contributed by atoms with van der Waals surface area (Å²) in [6.07, 6.45) is 0.357. The van der Waals surface area contributed by atoms with Crippen LogP contribution >= 0.6 is 15.9 Å². The number of anilines is 1. The van der Waals surface area contributed by atoms with Crippen molar-refractivity contribution in [2.75, 3.05) is 11.9 Å². The zero-order valence-electron chi connectivity index (χ0n) is 7.09. The second kappa shape index (κ2) is 4.99. The molecular weight excluding hydrogens is 232 g/mol. The minimum atomic E-state index is -0.0511. The van der Waals surface area contributed by atoms with E-state index in [4.69, 9.17) is 5.73 Å². The van der Waals surface area contributed by atoms with Crippen LogP contribution < -0.4 is 11.1 Å². The minimum absolute atomic E-state index is 0.0511. The summed E-state index contributed by atoms with van der Waals surface area (Å²) in [6, 6.07) is 7.41.